The minimum absolute atomic E-state index is 0.0407. The molecule has 0 radical (unpaired) electrons. The first-order chi connectivity index (χ1) is 10.7. The van der Waals surface area contributed by atoms with Crippen molar-refractivity contribution < 1.29 is 27.9 Å². The topological polar surface area (TPSA) is 122 Å². The fourth-order valence-corrected chi connectivity index (χ4v) is 3.06. The maximum Gasteiger partial charge on any atom is 0.328 e. The summed E-state index contributed by atoms with van der Waals surface area (Å²) in [6.45, 7) is 3.15. The summed E-state index contributed by atoms with van der Waals surface area (Å²) in [6.07, 6.45) is 0. The van der Waals surface area contributed by atoms with Crippen molar-refractivity contribution in [2.24, 2.45) is 0 Å². The highest BCUT2D eigenvalue weighted by Crippen LogP contribution is 2.12. The van der Waals surface area contributed by atoms with Crippen molar-refractivity contribution in [2.45, 2.75) is 30.8 Å². The van der Waals surface area contributed by atoms with Crippen LogP contribution in [0.5, 0.6) is 0 Å². The molecule has 3 N–H and O–H groups in total. The number of carbonyl (C=O) groups excluding carboxylic acids is 1. The molecule has 0 aliphatic carbocycles. The maximum absolute atomic E-state index is 12.1. The van der Waals surface area contributed by atoms with Crippen LogP contribution >= 0.6 is 0 Å². The molecule has 0 spiro atoms. The Hall–Kier alpha value is -1.97. The Morgan fingerprint density at radius 3 is 2.48 bits per heavy atom. The van der Waals surface area contributed by atoms with Gasteiger partial charge in [0.05, 0.1) is 11.5 Å². The zero-order chi connectivity index (χ0) is 17.6. The van der Waals surface area contributed by atoms with Crippen molar-refractivity contribution in [3.63, 3.8) is 0 Å². The molecule has 8 nitrogen and oxygen atoms in total. The third kappa shape index (κ3) is 5.62. The molecule has 0 fully saturated rings. The van der Waals surface area contributed by atoms with Gasteiger partial charge in [-0.2, -0.15) is 0 Å². The number of hydrogen-bond donors (Lipinski definition) is 3. The fourth-order valence-electron chi connectivity index (χ4n) is 1.77. The van der Waals surface area contributed by atoms with Gasteiger partial charge in [-0.15, -0.1) is 0 Å². The largest absolute Gasteiger partial charge is 0.480 e. The molecule has 0 heterocycles. The van der Waals surface area contributed by atoms with E-state index in [1.165, 1.54) is 31.4 Å². The summed E-state index contributed by atoms with van der Waals surface area (Å²) in [5, 5.41) is 11.3. The normalized spacial score (nSPS) is 12.9. The van der Waals surface area contributed by atoms with E-state index in [4.69, 9.17) is 9.84 Å². The lowest BCUT2D eigenvalue weighted by atomic mass is 10.2. The predicted molar refractivity (Wildman–Crippen MR) is 82.7 cm³/mol. The van der Waals surface area contributed by atoms with E-state index < -0.39 is 27.9 Å². The number of ether oxygens (including phenoxy) is 1. The van der Waals surface area contributed by atoms with Gasteiger partial charge in [-0.25, -0.2) is 17.9 Å². The average Bonchev–Trinajstić information content (AvgIpc) is 2.45. The molecular formula is C14H20N2O6S. The summed E-state index contributed by atoms with van der Waals surface area (Å²) in [5.74, 6) is -1.94. The lowest BCUT2D eigenvalue weighted by Crippen LogP contribution is -2.43. The molecule has 1 amide bonds. The molecule has 0 saturated carbocycles. The Morgan fingerprint density at radius 1 is 1.30 bits per heavy atom. The Balaban J connectivity index is 3.00. The van der Waals surface area contributed by atoms with Crippen molar-refractivity contribution in [3.8, 4) is 0 Å². The molecule has 128 valence electrons. The lowest BCUT2D eigenvalue weighted by Gasteiger charge is -2.14. The summed E-state index contributed by atoms with van der Waals surface area (Å²) in [7, 11) is -2.43. The van der Waals surface area contributed by atoms with Crippen LogP contribution in [0.4, 0.5) is 0 Å². The van der Waals surface area contributed by atoms with E-state index in [-0.39, 0.29) is 23.1 Å². The Labute approximate surface area is 134 Å². The monoisotopic (exact) mass is 344 g/mol. The predicted octanol–water partition coefficient (Wildman–Crippen LogP) is 0.203. The summed E-state index contributed by atoms with van der Waals surface area (Å²) in [4.78, 5) is 23.0. The van der Waals surface area contributed by atoms with Gasteiger partial charge in [-0.05, 0) is 32.0 Å². The van der Waals surface area contributed by atoms with Crippen LogP contribution in [0.1, 0.15) is 24.2 Å². The molecule has 0 bridgehead atoms. The van der Waals surface area contributed by atoms with E-state index >= 15 is 0 Å². The Morgan fingerprint density at radius 2 is 1.96 bits per heavy atom. The number of carbonyl (C=O) groups is 2. The van der Waals surface area contributed by atoms with Gasteiger partial charge in [-0.3, -0.25) is 4.79 Å². The summed E-state index contributed by atoms with van der Waals surface area (Å²) >= 11 is 0. The van der Waals surface area contributed by atoms with Crippen LogP contribution in [0.15, 0.2) is 29.2 Å². The van der Waals surface area contributed by atoms with Gasteiger partial charge < -0.3 is 15.2 Å². The van der Waals surface area contributed by atoms with Crippen molar-refractivity contribution in [1.29, 1.82) is 0 Å². The highest BCUT2D eigenvalue weighted by molar-refractivity contribution is 7.89. The second kappa shape index (κ2) is 8.04. The number of nitrogens with one attached hydrogen (secondary N) is 2. The Bertz CT molecular complexity index is 672. The first kappa shape index (κ1) is 19.1. The zero-order valence-corrected chi connectivity index (χ0v) is 13.9. The lowest BCUT2D eigenvalue weighted by molar-refractivity contribution is -0.140. The molecule has 0 aliphatic rings. The third-order valence-corrected chi connectivity index (χ3v) is 4.39. The molecule has 0 aliphatic heterocycles. The summed E-state index contributed by atoms with van der Waals surface area (Å²) in [6, 6.07) is 3.83. The van der Waals surface area contributed by atoms with E-state index in [0.717, 1.165) is 0 Å². The van der Waals surface area contributed by atoms with Gasteiger partial charge in [0.2, 0.25) is 10.0 Å². The van der Waals surface area contributed by atoms with Gasteiger partial charge in [0, 0.05) is 18.7 Å². The van der Waals surface area contributed by atoms with Crippen molar-refractivity contribution in [1.82, 2.24) is 10.0 Å². The highest BCUT2D eigenvalue weighted by atomic mass is 32.2. The number of carboxylic acid groups (broad SMARTS) is 1. The van der Waals surface area contributed by atoms with E-state index in [1.54, 1.807) is 13.8 Å². The van der Waals surface area contributed by atoms with E-state index in [9.17, 15) is 18.0 Å². The molecule has 1 aromatic rings. The minimum Gasteiger partial charge on any atom is -0.480 e. The zero-order valence-electron chi connectivity index (χ0n) is 13.1. The van der Waals surface area contributed by atoms with Gasteiger partial charge in [0.1, 0.15) is 0 Å². The molecule has 1 atom stereocenters. The molecule has 1 rings (SSSR count). The van der Waals surface area contributed by atoms with Crippen LogP contribution in [-0.4, -0.2) is 51.2 Å². The van der Waals surface area contributed by atoms with Gasteiger partial charge in [0.15, 0.2) is 6.04 Å². The average molecular weight is 344 g/mol. The number of aliphatic carboxylic acids is 1. The third-order valence-electron chi connectivity index (χ3n) is 2.73. The van der Waals surface area contributed by atoms with Gasteiger partial charge >= 0.3 is 5.97 Å². The van der Waals surface area contributed by atoms with Crippen LogP contribution < -0.4 is 10.0 Å². The van der Waals surface area contributed by atoms with Crippen LogP contribution in [0, 0.1) is 0 Å². The molecule has 9 heteroatoms. The standard InChI is InChI=1S/C14H20N2O6S/c1-9(2)16-23(20,21)11-6-4-5-10(7-11)13(17)15-12(8-22-3)14(18)19/h4-7,9,12,16H,8H2,1-3H3,(H,15,17)(H,18,19). The number of amides is 1. The SMILES string of the molecule is COCC(NC(=O)c1cccc(S(=O)(=O)NC(C)C)c1)C(=O)O. The van der Waals surface area contributed by atoms with Crippen molar-refractivity contribution in [3.05, 3.63) is 29.8 Å². The van der Waals surface area contributed by atoms with E-state index in [2.05, 4.69) is 10.0 Å². The number of carboxylic acids is 1. The van der Waals surface area contributed by atoms with E-state index in [1.807, 2.05) is 0 Å². The molecule has 0 aromatic heterocycles. The smallest absolute Gasteiger partial charge is 0.328 e. The molecular weight excluding hydrogens is 324 g/mol. The molecule has 23 heavy (non-hydrogen) atoms. The van der Waals surface area contributed by atoms with E-state index in [0.29, 0.717) is 0 Å². The highest BCUT2D eigenvalue weighted by Gasteiger charge is 2.22. The van der Waals surface area contributed by atoms with Crippen molar-refractivity contribution in [2.75, 3.05) is 13.7 Å². The summed E-state index contributed by atoms with van der Waals surface area (Å²) in [5.41, 5.74) is 0.0407. The van der Waals surface area contributed by atoms with Crippen LogP contribution in [0.3, 0.4) is 0 Å². The fraction of sp³-hybridized carbons (Fsp3) is 0.429. The number of hydrogen-bond acceptors (Lipinski definition) is 5. The number of rotatable bonds is 8. The second-order valence-electron chi connectivity index (χ2n) is 5.12. The quantitative estimate of drug-likeness (QED) is 0.619. The van der Waals surface area contributed by atoms with Crippen molar-refractivity contribution >= 4 is 21.9 Å². The van der Waals surface area contributed by atoms with Crippen LogP contribution in [-0.2, 0) is 19.6 Å². The van der Waals surface area contributed by atoms with Crippen LogP contribution in [0.25, 0.3) is 0 Å². The summed E-state index contributed by atoms with van der Waals surface area (Å²) < 4.78 is 31.3. The molecule has 1 aromatic carbocycles. The minimum atomic E-state index is -3.74. The Kier molecular flexibility index (Phi) is 6.67. The first-order valence-corrected chi connectivity index (χ1v) is 8.30. The maximum atomic E-state index is 12.1. The van der Waals surface area contributed by atoms with Crippen LogP contribution in [0.2, 0.25) is 0 Å². The molecule has 0 saturated heterocycles. The van der Waals surface area contributed by atoms with Gasteiger partial charge in [-0.1, -0.05) is 6.07 Å². The molecule has 1 unspecified atom stereocenters. The number of sulfonamides is 1. The second-order valence-corrected chi connectivity index (χ2v) is 6.84. The first-order valence-electron chi connectivity index (χ1n) is 6.82. The number of methoxy groups -OCH3 is 1. The number of benzene rings is 1. The van der Waals surface area contributed by atoms with Gasteiger partial charge in [0.25, 0.3) is 5.91 Å².